The van der Waals surface area contributed by atoms with E-state index in [-0.39, 0.29) is 23.6 Å². The van der Waals surface area contributed by atoms with Crippen molar-refractivity contribution < 1.29 is 18.8 Å². The molecule has 4 aromatic rings. The molecular weight excluding hydrogens is 432 g/mol. The maximum Gasteiger partial charge on any atom is 0.259 e. The second kappa shape index (κ2) is 9.44. The summed E-state index contributed by atoms with van der Waals surface area (Å²) in [7, 11) is 0. The van der Waals surface area contributed by atoms with Crippen LogP contribution in [0.1, 0.15) is 39.3 Å². The number of para-hydroxylation sites is 1. The minimum atomic E-state index is -0.379. The first-order valence-corrected chi connectivity index (χ1v) is 11.2. The lowest BCUT2D eigenvalue weighted by molar-refractivity contribution is 0.0858. The molecule has 172 valence electrons. The number of fused-ring (bicyclic) bond motifs is 1. The summed E-state index contributed by atoms with van der Waals surface area (Å²) in [4.78, 5) is 30.8. The number of aryl methyl sites for hydroxylation is 1. The average molecular weight is 457 g/mol. The summed E-state index contributed by atoms with van der Waals surface area (Å²) >= 11 is 0. The first kappa shape index (κ1) is 21.8. The molecule has 0 radical (unpaired) electrons. The minimum absolute atomic E-state index is 0.0313. The predicted octanol–water partition coefficient (Wildman–Crippen LogP) is 4.36. The molecule has 0 saturated carbocycles. The van der Waals surface area contributed by atoms with Gasteiger partial charge in [-0.05, 0) is 38.0 Å². The SMILES string of the molecule is Cc1noc2nc(-c3ccccc3)cc(C(=O)Nc3ccccc3C(=O)NC[C@@H]3CCCO3)c12. The zero-order valence-corrected chi connectivity index (χ0v) is 18.7. The molecule has 34 heavy (non-hydrogen) atoms. The van der Waals surface area contributed by atoms with E-state index in [1.54, 1.807) is 37.3 Å². The van der Waals surface area contributed by atoms with Crippen molar-refractivity contribution in [1.29, 1.82) is 0 Å². The molecule has 8 nitrogen and oxygen atoms in total. The molecule has 1 saturated heterocycles. The molecule has 0 unspecified atom stereocenters. The maximum absolute atomic E-state index is 13.4. The number of anilines is 1. The summed E-state index contributed by atoms with van der Waals surface area (Å²) < 4.78 is 11.0. The highest BCUT2D eigenvalue weighted by Crippen LogP contribution is 2.28. The lowest BCUT2D eigenvalue weighted by Crippen LogP contribution is -2.32. The van der Waals surface area contributed by atoms with Crippen LogP contribution in [0.3, 0.4) is 0 Å². The monoisotopic (exact) mass is 456 g/mol. The molecule has 1 atom stereocenters. The van der Waals surface area contributed by atoms with Gasteiger partial charge in [-0.15, -0.1) is 0 Å². The van der Waals surface area contributed by atoms with Crippen molar-refractivity contribution in [3.05, 3.63) is 77.5 Å². The van der Waals surface area contributed by atoms with Crippen LogP contribution < -0.4 is 10.6 Å². The number of hydrogen-bond acceptors (Lipinski definition) is 6. The molecule has 1 aliphatic heterocycles. The van der Waals surface area contributed by atoms with Gasteiger partial charge < -0.3 is 19.9 Å². The Morgan fingerprint density at radius 1 is 1.03 bits per heavy atom. The van der Waals surface area contributed by atoms with Crippen LogP contribution in [-0.2, 0) is 4.74 Å². The van der Waals surface area contributed by atoms with Crippen LogP contribution in [0.15, 0.2) is 65.2 Å². The first-order chi connectivity index (χ1) is 16.6. The van der Waals surface area contributed by atoms with Crippen LogP contribution in [0.25, 0.3) is 22.4 Å². The van der Waals surface area contributed by atoms with Gasteiger partial charge in [-0.3, -0.25) is 9.59 Å². The molecule has 2 aromatic heterocycles. The number of amides is 2. The largest absolute Gasteiger partial charge is 0.376 e. The van der Waals surface area contributed by atoms with Gasteiger partial charge in [0.05, 0.1) is 39.7 Å². The molecule has 2 aromatic carbocycles. The topological polar surface area (TPSA) is 106 Å². The second-order valence-electron chi connectivity index (χ2n) is 8.21. The van der Waals surface area contributed by atoms with Crippen LogP contribution >= 0.6 is 0 Å². The van der Waals surface area contributed by atoms with E-state index < -0.39 is 0 Å². The molecule has 3 heterocycles. The fourth-order valence-corrected chi connectivity index (χ4v) is 4.12. The van der Waals surface area contributed by atoms with E-state index >= 15 is 0 Å². The number of nitrogens with one attached hydrogen (secondary N) is 2. The van der Waals surface area contributed by atoms with Crippen LogP contribution in [0.2, 0.25) is 0 Å². The van der Waals surface area contributed by atoms with Crippen molar-refractivity contribution in [1.82, 2.24) is 15.5 Å². The van der Waals surface area contributed by atoms with E-state index in [0.717, 1.165) is 25.0 Å². The van der Waals surface area contributed by atoms with E-state index in [9.17, 15) is 9.59 Å². The maximum atomic E-state index is 13.4. The Morgan fingerprint density at radius 3 is 2.62 bits per heavy atom. The van der Waals surface area contributed by atoms with Gasteiger partial charge >= 0.3 is 0 Å². The summed E-state index contributed by atoms with van der Waals surface area (Å²) in [6.07, 6.45) is 1.96. The molecular formula is C26H24N4O4. The Labute approximate surface area is 196 Å². The number of carbonyl (C=O) groups is 2. The highest BCUT2D eigenvalue weighted by atomic mass is 16.5. The van der Waals surface area contributed by atoms with E-state index in [0.29, 0.717) is 40.1 Å². The Morgan fingerprint density at radius 2 is 1.82 bits per heavy atom. The highest BCUT2D eigenvalue weighted by molar-refractivity contribution is 6.15. The van der Waals surface area contributed by atoms with Crippen LogP contribution in [0.4, 0.5) is 5.69 Å². The second-order valence-corrected chi connectivity index (χ2v) is 8.21. The zero-order chi connectivity index (χ0) is 23.5. The van der Waals surface area contributed by atoms with Gasteiger partial charge in [0.1, 0.15) is 0 Å². The van der Waals surface area contributed by atoms with Crippen molar-refractivity contribution in [2.75, 3.05) is 18.5 Å². The lowest BCUT2D eigenvalue weighted by Gasteiger charge is -2.14. The number of aromatic nitrogens is 2. The molecule has 2 amide bonds. The van der Waals surface area contributed by atoms with Gasteiger partial charge in [0.25, 0.3) is 17.5 Å². The Balaban J connectivity index is 1.44. The number of nitrogens with zero attached hydrogens (tertiary/aromatic N) is 2. The number of pyridine rings is 1. The fraction of sp³-hybridized carbons (Fsp3) is 0.231. The number of benzene rings is 2. The molecule has 2 N–H and O–H groups in total. The minimum Gasteiger partial charge on any atom is -0.376 e. The van der Waals surface area contributed by atoms with Crippen LogP contribution in [-0.4, -0.2) is 41.2 Å². The number of rotatable bonds is 6. The quantitative estimate of drug-likeness (QED) is 0.447. The summed E-state index contributed by atoms with van der Waals surface area (Å²) in [6.45, 7) is 2.92. The fourth-order valence-electron chi connectivity index (χ4n) is 4.12. The summed E-state index contributed by atoms with van der Waals surface area (Å²) in [5.41, 5.74) is 3.46. The van der Waals surface area contributed by atoms with Gasteiger partial charge in [-0.25, -0.2) is 4.98 Å². The van der Waals surface area contributed by atoms with Crippen molar-refractivity contribution in [2.45, 2.75) is 25.9 Å². The van der Waals surface area contributed by atoms with Crippen molar-refractivity contribution in [3.63, 3.8) is 0 Å². The predicted molar refractivity (Wildman–Crippen MR) is 128 cm³/mol. The highest BCUT2D eigenvalue weighted by Gasteiger charge is 2.22. The Bertz CT molecular complexity index is 1340. The lowest BCUT2D eigenvalue weighted by atomic mass is 10.0. The molecule has 5 rings (SSSR count). The molecule has 8 heteroatoms. The molecule has 1 fully saturated rings. The molecule has 1 aliphatic rings. The zero-order valence-electron chi connectivity index (χ0n) is 18.7. The molecule has 0 bridgehead atoms. The van der Waals surface area contributed by atoms with Crippen molar-refractivity contribution in [2.24, 2.45) is 0 Å². The van der Waals surface area contributed by atoms with Crippen molar-refractivity contribution in [3.8, 4) is 11.3 Å². The Kier molecular flexibility index (Phi) is 6.05. The summed E-state index contributed by atoms with van der Waals surface area (Å²) in [5, 5.41) is 10.3. The summed E-state index contributed by atoms with van der Waals surface area (Å²) in [6, 6.07) is 18.2. The van der Waals surface area contributed by atoms with E-state index in [1.807, 2.05) is 30.3 Å². The number of ether oxygens (including phenoxy) is 1. The van der Waals surface area contributed by atoms with Gasteiger partial charge in [0.15, 0.2) is 0 Å². The van der Waals surface area contributed by atoms with E-state index in [2.05, 4.69) is 20.8 Å². The smallest absolute Gasteiger partial charge is 0.259 e. The molecule has 0 aliphatic carbocycles. The van der Waals surface area contributed by atoms with Gasteiger partial charge in [0, 0.05) is 18.7 Å². The molecule has 0 spiro atoms. The third-order valence-corrected chi connectivity index (χ3v) is 5.87. The summed E-state index contributed by atoms with van der Waals surface area (Å²) in [5.74, 6) is -0.646. The van der Waals surface area contributed by atoms with Gasteiger partial charge in [-0.1, -0.05) is 47.6 Å². The third kappa shape index (κ3) is 4.40. The first-order valence-electron chi connectivity index (χ1n) is 11.2. The van der Waals surface area contributed by atoms with E-state index in [4.69, 9.17) is 9.26 Å². The third-order valence-electron chi connectivity index (χ3n) is 5.87. The van der Waals surface area contributed by atoms with E-state index in [1.165, 1.54) is 0 Å². The number of hydrogen-bond donors (Lipinski definition) is 2. The average Bonchev–Trinajstić information content (AvgIpc) is 3.53. The number of carbonyl (C=O) groups excluding carboxylic acids is 2. The van der Waals surface area contributed by atoms with Crippen molar-refractivity contribution >= 4 is 28.6 Å². The van der Waals surface area contributed by atoms with Crippen LogP contribution in [0.5, 0.6) is 0 Å². The van der Waals surface area contributed by atoms with Gasteiger partial charge in [0.2, 0.25) is 0 Å². The van der Waals surface area contributed by atoms with Crippen LogP contribution in [0, 0.1) is 6.92 Å². The van der Waals surface area contributed by atoms with Gasteiger partial charge in [-0.2, -0.15) is 0 Å². The Hall–Kier alpha value is -4.04. The normalized spacial score (nSPS) is 15.4. The standard InChI is InChI=1S/C26H24N4O4/c1-16-23-20(14-22(29-26(23)34-30-16)17-8-3-2-4-9-17)25(32)28-21-12-6-5-11-19(21)24(31)27-15-18-10-7-13-33-18/h2-6,8-9,11-12,14,18H,7,10,13,15H2,1H3,(H,27,31)(H,28,32)/t18-/m0/s1.